The number of carbonyl (C=O) groups is 1. The predicted octanol–water partition coefficient (Wildman–Crippen LogP) is 6.43. The van der Waals surface area contributed by atoms with Gasteiger partial charge in [-0.1, -0.05) is 82.3 Å². The fourth-order valence-electron chi connectivity index (χ4n) is 3.52. The number of nitrogens with zero attached hydrogens (tertiary/aromatic N) is 2. The maximum Gasteiger partial charge on any atom is 0.339 e. The Morgan fingerprint density at radius 3 is 2.27 bits per heavy atom. The predicted molar refractivity (Wildman–Crippen MR) is 122 cm³/mol. The summed E-state index contributed by atoms with van der Waals surface area (Å²) < 4.78 is 1.78. The van der Waals surface area contributed by atoms with Gasteiger partial charge in [-0.25, -0.2) is 9.48 Å². The van der Waals surface area contributed by atoms with Crippen molar-refractivity contribution in [2.75, 3.05) is 0 Å². The average Bonchev–Trinajstić information content (AvgIpc) is 3.11. The van der Waals surface area contributed by atoms with E-state index in [4.69, 9.17) is 5.10 Å². The summed E-state index contributed by atoms with van der Waals surface area (Å²) in [4.78, 5) is 12.3. The van der Waals surface area contributed by atoms with Gasteiger partial charge in [0.05, 0.1) is 17.1 Å². The first-order valence-corrected chi connectivity index (χ1v) is 10.5. The summed E-state index contributed by atoms with van der Waals surface area (Å²) in [5, 5.41) is 14.8. The molecule has 2 aromatic carbocycles. The molecule has 0 aliphatic heterocycles. The van der Waals surface area contributed by atoms with E-state index in [1.807, 2.05) is 42.5 Å². The number of carboxylic acids is 1. The van der Waals surface area contributed by atoms with Crippen LogP contribution in [0.1, 0.15) is 62.2 Å². The van der Waals surface area contributed by atoms with E-state index in [0.29, 0.717) is 17.8 Å². The standard InChI is InChI=1S/C26H30N2O2/c1-5-6-7-11-14-22-23(25(29)30)24(19-12-9-8-10-13-19)28(27-22)21-17-15-20(16-18-21)26(2,3)4/h6-10,12-13,15-18H,5,11,14H2,1-4H3,(H,29,30)/b7-6-. The molecule has 3 aromatic rings. The van der Waals surface area contributed by atoms with Crippen LogP contribution < -0.4 is 0 Å². The zero-order chi connectivity index (χ0) is 21.7. The van der Waals surface area contributed by atoms with Gasteiger partial charge >= 0.3 is 5.97 Å². The van der Waals surface area contributed by atoms with Crippen molar-refractivity contribution >= 4 is 5.97 Å². The first kappa shape index (κ1) is 21.6. The lowest BCUT2D eigenvalue weighted by Gasteiger charge is -2.19. The van der Waals surface area contributed by atoms with Gasteiger partial charge in [-0.15, -0.1) is 0 Å². The van der Waals surface area contributed by atoms with Gasteiger partial charge in [-0.2, -0.15) is 5.10 Å². The summed E-state index contributed by atoms with van der Waals surface area (Å²) in [5.74, 6) is -0.944. The molecule has 0 spiro atoms. The molecule has 0 atom stereocenters. The van der Waals surface area contributed by atoms with Gasteiger partial charge in [-0.3, -0.25) is 0 Å². The summed E-state index contributed by atoms with van der Waals surface area (Å²) in [7, 11) is 0. The smallest absolute Gasteiger partial charge is 0.339 e. The number of carboxylic acid groups (broad SMARTS) is 1. The highest BCUT2D eigenvalue weighted by molar-refractivity contribution is 5.96. The second-order valence-electron chi connectivity index (χ2n) is 8.47. The van der Waals surface area contributed by atoms with Crippen LogP contribution in [-0.4, -0.2) is 20.9 Å². The average molecular weight is 403 g/mol. The maximum absolute atomic E-state index is 12.3. The molecule has 0 aliphatic carbocycles. The summed E-state index contributed by atoms with van der Waals surface area (Å²) in [6.45, 7) is 8.62. The molecule has 0 amide bonds. The summed E-state index contributed by atoms with van der Waals surface area (Å²) in [5.41, 5.74) is 4.50. The molecule has 0 saturated carbocycles. The number of allylic oxidation sites excluding steroid dienone is 2. The first-order chi connectivity index (χ1) is 14.3. The number of rotatable bonds is 7. The monoisotopic (exact) mass is 402 g/mol. The summed E-state index contributed by atoms with van der Waals surface area (Å²) >= 11 is 0. The van der Waals surface area contributed by atoms with Crippen molar-refractivity contribution < 1.29 is 9.90 Å². The molecule has 0 radical (unpaired) electrons. The van der Waals surface area contributed by atoms with Crippen LogP contribution in [0.25, 0.3) is 16.9 Å². The van der Waals surface area contributed by atoms with E-state index in [9.17, 15) is 9.90 Å². The van der Waals surface area contributed by atoms with Crippen LogP contribution in [-0.2, 0) is 11.8 Å². The molecule has 3 rings (SSSR count). The van der Waals surface area contributed by atoms with Crippen molar-refractivity contribution in [2.45, 2.75) is 52.4 Å². The maximum atomic E-state index is 12.3. The highest BCUT2D eigenvalue weighted by atomic mass is 16.4. The number of aryl methyl sites for hydroxylation is 1. The fourth-order valence-corrected chi connectivity index (χ4v) is 3.52. The SMILES string of the molecule is CC/C=C\CCc1nn(-c2ccc(C(C)(C)C)cc2)c(-c2ccccc2)c1C(=O)O. The van der Waals surface area contributed by atoms with Gasteiger partial charge in [0.1, 0.15) is 5.56 Å². The Morgan fingerprint density at radius 1 is 1.03 bits per heavy atom. The highest BCUT2D eigenvalue weighted by Gasteiger charge is 2.25. The van der Waals surface area contributed by atoms with Crippen molar-refractivity contribution in [3.8, 4) is 16.9 Å². The minimum absolute atomic E-state index is 0.0495. The largest absolute Gasteiger partial charge is 0.478 e. The van der Waals surface area contributed by atoms with Crippen LogP contribution in [0.2, 0.25) is 0 Å². The number of aromatic nitrogens is 2. The first-order valence-electron chi connectivity index (χ1n) is 10.5. The van der Waals surface area contributed by atoms with Crippen molar-refractivity contribution in [1.29, 1.82) is 0 Å². The quantitative estimate of drug-likeness (QED) is 0.463. The molecule has 4 nitrogen and oxygen atoms in total. The molecule has 0 saturated heterocycles. The molecule has 156 valence electrons. The van der Waals surface area contributed by atoms with Crippen molar-refractivity contribution in [1.82, 2.24) is 9.78 Å². The molecule has 1 N–H and O–H groups in total. The number of hydrogen-bond acceptors (Lipinski definition) is 2. The fraction of sp³-hybridized carbons (Fsp3) is 0.308. The second-order valence-corrected chi connectivity index (χ2v) is 8.47. The van der Waals surface area contributed by atoms with Crippen LogP contribution in [0.15, 0.2) is 66.7 Å². The lowest BCUT2D eigenvalue weighted by molar-refractivity contribution is 0.0696. The van der Waals surface area contributed by atoms with E-state index in [1.165, 1.54) is 5.56 Å². The van der Waals surface area contributed by atoms with Gasteiger partial charge < -0.3 is 5.11 Å². The molecule has 0 fully saturated rings. The minimum Gasteiger partial charge on any atom is -0.478 e. The van der Waals surface area contributed by atoms with Gasteiger partial charge in [0.2, 0.25) is 0 Å². The topological polar surface area (TPSA) is 55.1 Å². The lowest BCUT2D eigenvalue weighted by Crippen LogP contribution is -2.11. The van der Waals surface area contributed by atoms with E-state index in [0.717, 1.165) is 24.1 Å². The molecule has 1 aromatic heterocycles. The third kappa shape index (κ3) is 4.70. The van der Waals surface area contributed by atoms with Crippen molar-refractivity contribution in [2.24, 2.45) is 0 Å². The summed E-state index contributed by atoms with van der Waals surface area (Å²) in [6, 6.07) is 17.9. The van der Waals surface area contributed by atoms with E-state index in [1.54, 1.807) is 4.68 Å². The normalized spacial score (nSPS) is 11.9. The Kier molecular flexibility index (Phi) is 6.56. The van der Waals surface area contributed by atoms with Gasteiger partial charge in [-0.05, 0) is 42.4 Å². The van der Waals surface area contributed by atoms with Gasteiger partial charge in [0.25, 0.3) is 0 Å². The van der Waals surface area contributed by atoms with E-state index < -0.39 is 5.97 Å². The number of aromatic carboxylic acids is 1. The highest BCUT2D eigenvalue weighted by Crippen LogP contribution is 2.31. The third-order valence-corrected chi connectivity index (χ3v) is 5.15. The number of benzene rings is 2. The van der Waals surface area contributed by atoms with Crippen molar-refractivity contribution in [3.63, 3.8) is 0 Å². The van der Waals surface area contributed by atoms with Crippen molar-refractivity contribution in [3.05, 3.63) is 83.6 Å². The zero-order valence-corrected chi connectivity index (χ0v) is 18.2. The second kappa shape index (κ2) is 9.12. The van der Waals surface area contributed by atoms with E-state index in [-0.39, 0.29) is 11.0 Å². The molecule has 0 unspecified atom stereocenters. The molecule has 30 heavy (non-hydrogen) atoms. The molecule has 0 aliphatic rings. The van der Waals surface area contributed by atoms with Crippen LogP contribution in [0.3, 0.4) is 0 Å². The third-order valence-electron chi connectivity index (χ3n) is 5.15. The lowest BCUT2D eigenvalue weighted by atomic mass is 9.87. The van der Waals surface area contributed by atoms with E-state index in [2.05, 4.69) is 52.0 Å². The zero-order valence-electron chi connectivity index (χ0n) is 18.2. The molecular formula is C26H30N2O2. The Labute approximate surface area is 178 Å². The van der Waals surface area contributed by atoms with Crippen LogP contribution in [0, 0.1) is 0 Å². The molecule has 1 heterocycles. The Morgan fingerprint density at radius 2 is 1.70 bits per heavy atom. The van der Waals surface area contributed by atoms with E-state index >= 15 is 0 Å². The van der Waals surface area contributed by atoms with Crippen LogP contribution in [0.5, 0.6) is 0 Å². The minimum atomic E-state index is -0.944. The van der Waals surface area contributed by atoms with Crippen LogP contribution in [0.4, 0.5) is 0 Å². The Balaban J connectivity index is 2.15. The molecular weight excluding hydrogens is 372 g/mol. The molecule has 0 bridgehead atoms. The van der Waals surface area contributed by atoms with Gasteiger partial charge in [0, 0.05) is 5.56 Å². The Bertz CT molecular complexity index is 1020. The van der Waals surface area contributed by atoms with Gasteiger partial charge in [0.15, 0.2) is 0 Å². The molecule has 4 heteroatoms. The number of hydrogen-bond donors (Lipinski definition) is 1. The van der Waals surface area contributed by atoms with Crippen LogP contribution >= 0.6 is 0 Å². The summed E-state index contributed by atoms with van der Waals surface area (Å²) in [6.07, 6.45) is 6.51. The Hall–Kier alpha value is -3.14.